The van der Waals surface area contributed by atoms with Crippen LogP contribution >= 0.6 is 0 Å². The number of para-hydroxylation sites is 1. The van der Waals surface area contributed by atoms with E-state index in [0.29, 0.717) is 17.8 Å². The number of hydrogen-bond donors (Lipinski definition) is 2. The second-order valence-electron chi connectivity index (χ2n) is 5.96. The van der Waals surface area contributed by atoms with Gasteiger partial charge in [-0.1, -0.05) is 24.3 Å². The molecule has 6 nitrogen and oxygen atoms in total. The monoisotopic (exact) mass is 382 g/mol. The third-order valence-electron chi connectivity index (χ3n) is 3.92. The summed E-state index contributed by atoms with van der Waals surface area (Å²) < 4.78 is 23.2. The Hall–Kier alpha value is -3.61. The minimum Gasteiger partial charge on any atom is -0.467 e. The van der Waals surface area contributed by atoms with Gasteiger partial charge in [0.1, 0.15) is 11.6 Å². The van der Waals surface area contributed by atoms with E-state index in [1.807, 2.05) is 6.07 Å². The predicted molar refractivity (Wildman–Crippen MR) is 101 cm³/mol. The zero-order valence-electron chi connectivity index (χ0n) is 15.0. The smallest absolute Gasteiger partial charge is 0.340 e. The highest BCUT2D eigenvalue weighted by atomic mass is 19.1. The van der Waals surface area contributed by atoms with Gasteiger partial charge in [-0.05, 0) is 42.0 Å². The van der Waals surface area contributed by atoms with Crippen LogP contribution in [0.5, 0.6) is 0 Å². The molecule has 0 aliphatic carbocycles. The minimum absolute atomic E-state index is 0.220. The molecule has 0 bridgehead atoms. The van der Waals surface area contributed by atoms with Gasteiger partial charge in [-0.15, -0.1) is 0 Å². The van der Waals surface area contributed by atoms with Crippen LogP contribution in [0.4, 0.5) is 10.1 Å². The highest BCUT2D eigenvalue weighted by molar-refractivity contribution is 5.96. The zero-order valence-corrected chi connectivity index (χ0v) is 15.0. The molecule has 1 aromatic heterocycles. The van der Waals surface area contributed by atoms with Crippen LogP contribution in [-0.4, -0.2) is 18.5 Å². The number of benzene rings is 2. The van der Waals surface area contributed by atoms with Gasteiger partial charge in [0.05, 0.1) is 18.4 Å². The van der Waals surface area contributed by atoms with Crippen molar-refractivity contribution in [1.29, 1.82) is 0 Å². The normalized spacial score (nSPS) is 10.3. The summed E-state index contributed by atoms with van der Waals surface area (Å²) >= 11 is 0. The molecule has 0 aliphatic heterocycles. The number of ether oxygens (including phenoxy) is 1. The van der Waals surface area contributed by atoms with Crippen molar-refractivity contribution in [2.24, 2.45) is 0 Å². The van der Waals surface area contributed by atoms with Gasteiger partial charge in [-0.3, -0.25) is 4.79 Å². The summed E-state index contributed by atoms with van der Waals surface area (Å²) in [6.07, 6.45) is 1.57. The number of hydrogen-bond acceptors (Lipinski definition) is 5. The molecular formula is C21H19FN2O4. The van der Waals surface area contributed by atoms with Crippen molar-refractivity contribution in [3.63, 3.8) is 0 Å². The van der Waals surface area contributed by atoms with Crippen molar-refractivity contribution in [1.82, 2.24) is 5.32 Å². The molecule has 1 amide bonds. The molecule has 0 aliphatic rings. The van der Waals surface area contributed by atoms with E-state index in [9.17, 15) is 14.0 Å². The van der Waals surface area contributed by atoms with Gasteiger partial charge in [-0.25, -0.2) is 9.18 Å². The summed E-state index contributed by atoms with van der Waals surface area (Å²) in [5, 5.41) is 5.73. The van der Waals surface area contributed by atoms with Gasteiger partial charge in [0.15, 0.2) is 6.61 Å². The van der Waals surface area contributed by atoms with E-state index in [1.54, 1.807) is 48.7 Å². The molecule has 28 heavy (non-hydrogen) atoms. The van der Waals surface area contributed by atoms with Gasteiger partial charge in [0.25, 0.3) is 5.91 Å². The summed E-state index contributed by atoms with van der Waals surface area (Å²) in [5.41, 5.74) is 1.64. The first-order valence-electron chi connectivity index (χ1n) is 8.65. The van der Waals surface area contributed by atoms with Gasteiger partial charge in [-0.2, -0.15) is 0 Å². The van der Waals surface area contributed by atoms with Crippen LogP contribution in [-0.2, 0) is 22.6 Å². The Kier molecular flexibility index (Phi) is 6.41. The molecule has 0 fully saturated rings. The highest BCUT2D eigenvalue weighted by Gasteiger charge is 2.14. The first-order valence-corrected chi connectivity index (χ1v) is 8.65. The molecule has 3 rings (SSSR count). The maximum Gasteiger partial charge on any atom is 0.340 e. The highest BCUT2D eigenvalue weighted by Crippen LogP contribution is 2.17. The molecule has 0 atom stereocenters. The molecule has 2 N–H and O–H groups in total. The van der Waals surface area contributed by atoms with Gasteiger partial charge in [0.2, 0.25) is 0 Å². The van der Waals surface area contributed by atoms with E-state index in [4.69, 9.17) is 9.15 Å². The second kappa shape index (κ2) is 9.36. The number of carbonyl (C=O) groups excluding carboxylic acids is 2. The van der Waals surface area contributed by atoms with Crippen molar-refractivity contribution in [2.45, 2.75) is 13.1 Å². The SMILES string of the molecule is O=C(COC(=O)c1ccccc1NCc1ccco1)NCc1ccc(F)cc1. The topological polar surface area (TPSA) is 80.6 Å². The number of carbonyl (C=O) groups is 2. The fourth-order valence-electron chi connectivity index (χ4n) is 2.47. The lowest BCUT2D eigenvalue weighted by Gasteiger charge is -2.11. The minimum atomic E-state index is -0.612. The largest absolute Gasteiger partial charge is 0.467 e. The number of rotatable bonds is 8. The van der Waals surface area contributed by atoms with Crippen molar-refractivity contribution < 1.29 is 23.1 Å². The van der Waals surface area contributed by atoms with E-state index in [2.05, 4.69) is 10.6 Å². The molecule has 0 spiro atoms. The van der Waals surface area contributed by atoms with Crippen LogP contribution in [0.25, 0.3) is 0 Å². The lowest BCUT2D eigenvalue weighted by molar-refractivity contribution is -0.124. The summed E-state index contributed by atoms with van der Waals surface area (Å²) in [5.74, 6) is -0.676. The lowest BCUT2D eigenvalue weighted by atomic mass is 10.2. The molecule has 1 heterocycles. The lowest BCUT2D eigenvalue weighted by Crippen LogP contribution is -2.28. The summed E-state index contributed by atoms with van der Waals surface area (Å²) in [6, 6.07) is 16.2. The fourth-order valence-corrected chi connectivity index (χ4v) is 2.47. The predicted octanol–water partition coefficient (Wildman–Crippen LogP) is 3.50. The van der Waals surface area contributed by atoms with Gasteiger partial charge in [0, 0.05) is 12.2 Å². The van der Waals surface area contributed by atoms with E-state index in [-0.39, 0.29) is 12.4 Å². The summed E-state index contributed by atoms with van der Waals surface area (Å²) in [4.78, 5) is 24.2. The van der Waals surface area contributed by atoms with Crippen molar-refractivity contribution in [2.75, 3.05) is 11.9 Å². The molecule has 2 aromatic carbocycles. The molecule has 0 saturated heterocycles. The Morgan fingerprint density at radius 2 is 1.75 bits per heavy atom. The van der Waals surface area contributed by atoms with Gasteiger partial charge >= 0.3 is 5.97 Å². The van der Waals surface area contributed by atoms with Crippen molar-refractivity contribution in [3.05, 3.63) is 89.6 Å². The third kappa shape index (κ3) is 5.44. The van der Waals surface area contributed by atoms with Crippen LogP contribution in [0.1, 0.15) is 21.7 Å². The van der Waals surface area contributed by atoms with Gasteiger partial charge < -0.3 is 19.8 Å². The van der Waals surface area contributed by atoms with Crippen LogP contribution in [0.3, 0.4) is 0 Å². The Bertz CT molecular complexity index is 924. The maximum absolute atomic E-state index is 12.9. The first kappa shape index (κ1) is 19.2. The van der Waals surface area contributed by atoms with E-state index < -0.39 is 18.5 Å². The Balaban J connectivity index is 1.50. The standard InChI is InChI=1S/C21H19FN2O4/c22-16-9-7-15(8-10-16)12-24-20(25)14-28-21(26)18-5-1-2-6-19(18)23-13-17-4-3-11-27-17/h1-11,23H,12-14H2,(H,24,25). The molecule has 144 valence electrons. The molecule has 0 unspecified atom stereocenters. The first-order chi connectivity index (χ1) is 13.6. The second-order valence-corrected chi connectivity index (χ2v) is 5.96. The van der Waals surface area contributed by atoms with Crippen molar-refractivity contribution in [3.8, 4) is 0 Å². The Labute approximate surface area is 161 Å². The van der Waals surface area contributed by atoms with Crippen molar-refractivity contribution >= 4 is 17.6 Å². The van der Waals surface area contributed by atoms with Crippen LogP contribution in [0, 0.1) is 5.82 Å². The number of nitrogens with one attached hydrogen (secondary N) is 2. The number of anilines is 1. The number of halogens is 1. The van der Waals surface area contributed by atoms with E-state index >= 15 is 0 Å². The molecular weight excluding hydrogens is 363 g/mol. The molecule has 0 saturated carbocycles. The van der Waals surface area contributed by atoms with Crippen LogP contribution < -0.4 is 10.6 Å². The van der Waals surface area contributed by atoms with E-state index in [1.165, 1.54) is 12.1 Å². The third-order valence-corrected chi connectivity index (χ3v) is 3.92. The number of amides is 1. The maximum atomic E-state index is 12.9. The fraction of sp³-hybridized carbons (Fsp3) is 0.143. The number of esters is 1. The van der Waals surface area contributed by atoms with Crippen LogP contribution in [0.2, 0.25) is 0 Å². The summed E-state index contributed by atoms with van der Waals surface area (Å²) in [7, 11) is 0. The number of furan rings is 1. The summed E-state index contributed by atoms with van der Waals surface area (Å²) in [6.45, 7) is 0.222. The van der Waals surface area contributed by atoms with E-state index in [0.717, 1.165) is 11.3 Å². The average Bonchev–Trinajstić information content (AvgIpc) is 3.24. The molecule has 3 aromatic rings. The Morgan fingerprint density at radius 1 is 0.964 bits per heavy atom. The average molecular weight is 382 g/mol. The Morgan fingerprint density at radius 3 is 2.50 bits per heavy atom. The quantitative estimate of drug-likeness (QED) is 0.583. The zero-order chi connectivity index (χ0) is 19.8. The van der Waals surface area contributed by atoms with Crippen LogP contribution in [0.15, 0.2) is 71.3 Å². The molecule has 7 heteroatoms. The molecule has 0 radical (unpaired) electrons.